The smallest absolute Gasteiger partial charge is 0.255 e. The Labute approximate surface area is 147 Å². The van der Waals surface area contributed by atoms with Crippen LogP contribution in [0.3, 0.4) is 0 Å². The third kappa shape index (κ3) is 4.42. The molecule has 0 radical (unpaired) electrons. The Morgan fingerprint density at radius 2 is 1.72 bits per heavy atom. The number of aromatic nitrogens is 1. The molecule has 0 saturated heterocycles. The second-order valence-corrected chi connectivity index (χ2v) is 5.92. The van der Waals surface area contributed by atoms with Crippen molar-refractivity contribution < 1.29 is 9.59 Å². The van der Waals surface area contributed by atoms with E-state index in [0.717, 1.165) is 0 Å². The number of benzene rings is 1. The van der Waals surface area contributed by atoms with Crippen LogP contribution >= 0.6 is 0 Å². The molecule has 0 aliphatic rings. The predicted octanol–water partition coefficient (Wildman–Crippen LogP) is 3.04. The molecule has 2 aromatic rings. The lowest BCUT2D eigenvalue weighted by atomic mass is 9.81. The Morgan fingerprint density at radius 3 is 2.32 bits per heavy atom. The van der Waals surface area contributed by atoms with Crippen LogP contribution in [0.2, 0.25) is 0 Å². The molecular formula is C19H24N4O2. The summed E-state index contributed by atoms with van der Waals surface area (Å²) >= 11 is 0. The molecule has 2 amide bonds. The van der Waals surface area contributed by atoms with Gasteiger partial charge in [-0.05, 0) is 43.2 Å². The van der Waals surface area contributed by atoms with Gasteiger partial charge in [0.15, 0.2) is 0 Å². The van der Waals surface area contributed by atoms with Gasteiger partial charge in [0.1, 0.15) is 0 Å². The number of nitrogens with zero attached hydrogens (tertiary/aromatic N) is 1. The fourth-order valence-electron chi connectivity index (χ4n) is 2.59. The fourth-order valence-corrected chi connectivity index (χ4v) is 2.59. The molecule has 0 unspecified atom stereocenters. The van der Waals surface area contributed by atoms with Gasteiger partial charge in [-0.3, -0.25) is 14.6 Å². The van der Waals surface area contributed by atoms with E-state index in [1.165, 1.54) is 0 Å². The van der Waals surface area contributed by atoms with Gasteiger partial charge in [0.05, 0.1) is 5.41 Å². The van der Waals surface area contributed by atoms with Gasteiger partial charge in [0, 0.05) is 35.9 Å². The molecule has 0 fully saturated rings. The zero-order chi connectivity index (χ0) is 18.3. The number of anilines is 2. The lowest BCUT2D eigenvalue weighted by molar-refractivity contribution is -0.125. The topological polar surface area (TPSA) is 97.1 Å². The van der Waals surface area contributed by atoms with E-state index < -0.39 is 5.41 Å². The minimum atomic E-state index is -0.588. The van der Waals surface area contributed by atoms with Crippen molar-refractivity contribution in [3.05, 3.63) is 54.4 Å². The molecule has 1 aromatic carbocycles. The number of rotatable bonds is 7. The molecule has 25 heavy (non-hydrogen) atoms. The molecule has 132 valence electrons. The number of nitrogens with one attached hydrogen (secondary N) is 2. The van der Waals surface area contributed by atoms with Gasteiger partial charge in [-0.2, -0.15) is 0 Å². The Balaban J connectivity index is 2.13. The van der Waals surface area contributed by atoms with Crippen LogP contribution in [0.5, 0.6) is 0 Å². The number of carbonyl (C=O) groups excluding carboxylic acids is 2. The van der Waals surface area contributed by atoms with Gasteiger partial charge >= 0.3 is 0 Å². The quantitative estimate of drug-likeness (QED) is 0.721. The molecule has 6 nitrogen and oxygen atoms in total. The van der Waals surface area contributed by atoms with E-state index in [1.807, 2.05) is 13.8 Å². The van der Waals surface area contributed by atoms with Gasteiger partial charge in [-0.1, -0.05) is 19.9 Å². The minimum Gasteiger partial charge on any atom is -0.329 e. The summed E-state index contributed by atoms with van der Waals surface area (Å²) in [4.78, 5) is 28.9. The maximum absolute atomic E-state index is 12.6. The van der Waals surface area contributed by atoms with E-state index in [4.69, 9.17) is 5.73 Å². The number of hydrogen-bond donors (Lipinski definition) is 3. The molecule has 1 heterocycles. The summed E-state index contributed by atoms with van der Waals surface area (Å²) in [5.74, 6) is -0.370. The predicted molar refractivity (Wildman–Crippen MR) is 99.3 cm³/mol. The van der Waals surface area contributed by atoms with Crippen molar-refractivity contribution in [1.82, 2.24) is 4.98 Å². The summed E-state index contributed by atoms with van der Waals surface area (Å²) in [5, 5.41) is 5.68. The van der Waals surface area contributed by atoms with Gasteiger partial charge in [-0.15, -0.1) is 0 Å². The van der Waals surface area contributed by atoms with Crippen molar-refractivity contribution in [2.45, 2.75) is 26.7 Å². The van der Waals surface area contributed by atoms with Gasteiger partial charge in [0.25, 0.3) is 5.91 Å². The summed E-state index contributed by atoms with van der Waals surface area (Å²) in [7, 11) is 0. The standard InChI is InChI=1S/C19H24N4O2/c1-3-19(4-2,13-20)18(25)23-16-7-5-6-14(12-16)17(24)22-15-8-10-21-11-9-15/h5-12H,3-4,13,20H2,1-2H3,(H,23,25)(H,21,22,24). The van der Waals surface area contributed by atoms with E-state index in [-0.39, 0.29) is 18.4 Å². The first-order chi connectivity index (χ1) is 12.0. The second kappa shape index (κ2) is 8.39. The lowest BCUT2D eigenvalue weighted by Crippen LogP contribution is -2.41. The fraction of sp³-hybridized carbons (Fsp3) is 0.316. The molecule has 0 bridgehead atoms. The van der Waals surface area contributed by atoms with E-state index >= 15 is 0 Å². The summed E-state index contributed by atoms with van der Waals surface area (Å²) in [6.07, 6.45) is 4.53. The lowest BCUT2D eigenvalue weighted by Gasteiger charge is -2.28. The van der Waals surface area contributed by atoms with Crippen LogP contribution in [0.1, 0.15) is 37.0 Å². The van der Waals surface area contributed by atoms with E-state index in [9.17, 15) is 9.59 Å². The zero-order valence-corrected chi connectivity index (χ0v) is 14.6. The Bertz CT molecular complexity index is 719. The van der Waals surface area contributed by atoms with Crippen LogP contribution in [0.4, 0.5) is 11.4 Å². The maximum atomic E-state index is 12.6. The average molecular weight is 340 g/mol. The summed E-state index contributed by atoms with van der Waals surface area (Å²) in [6.45, 7) is 4.19. The highest BCUT2D eigenvalue weighted by atomic mass is 16.2. The van der Waals surface area contributed by atoms with Crippen LogP contribution in [-0.2, 0) is 4.79 Å². The largest absolute Gasteiger partial charge is 0.329 e. The van der Waals surface area contributed by atoms with Crippen molar-refractivity contribution in [2.24, 2.45) is 11.1 Å². The Morgan fingerprint density at radius 1 is 1.04 bits per heavy atom. The Kier molecular flexibility index (Phi) is 6.25. The molecule has 0 atom stereocenters. The molecule has 0 aliphatic carbocycles. The molecule has 0 aliphatic heterocycles. The van der Waals surface area contributed by atoms with Gasteiger partial charge < -0.3 is 16.4 Å². The van der Waals surface area contributed by atoms with Crippen LogP contribution in [0.15, 0.2) is 48.8 Å². The molecule has 6 heteroatoms. The number of pyridine rings is 1. The van der Waals surface area contributed by atoms with Crippen LogP contribution in [0, 0.1) is 5.41 Å². The molecule has 0 saturated carbocycles. The van der Waals surface area contributed by atoms with Crippen molar-refractivity contribution in [1.29, 1.82) is 0 Å². The first-order valence-electron chi connectivity index (χ1n) is 8.37. The zero-order valence-electron chi connectivity index (χ0n) is 14.6. The summed E-state index contributed by atoms with van der Waals surface area (Å²) in [6, 6.07) is 10.3. The number of carbonyl (C=O) groups is 2. The van der Waals surface area contributed by atoms with Crippen LogP contribution in [0.25, 0.3) is 0 Å². The summed E-state index contributed by atoms with van der Waals surface area (Å²) in [5.41, 5.74) is 6.93. The van der Waals surface area contributed by atoms with Crippen LogP contribution in [-0.4, -0.2) is 23.3 Å². The number of amides is 2. The van der Waals surface area contributed by atoms with Crippen molar-refractivity contribution in [2.75, 3.05) is 17.2 Å². The molecular weight excluding hydrogens is 316 g/mol. The molecule has 1 aromatic heterocycles. The second-order valence-electron chi connectivity index (χ2n) is 5.92. The Hall–Kier alpha value is -2.73. The molecule has 4 N–H and O–H groups in total. The normalized spacial score (nSPS) is 11.0. The highest BCUT2D eigenvalue weighted by Gasteiger charge is 2.33. The first-order valence-corrected chi connectivity index (χ1v) is 8.37. The average Bonchev–Trinajstić information content (AvgIpc) is 2.65. The SMILES string of the molecule is CCC(CC)(CN)C(=O)Nc1cccc(C(=O)Nc2ccncc2)c1. The monoisotopic (exact) mass is 340 g/mol. The van der Waals surface area contributed by atoms with Crippen molar-refractivity contribution in [3.8, 4) is 0 Å². The minimum absolute atomic E-state index is 0.119. The van der Waals surface area contributed by atoms with E-state index in [1.54, 1.807) is 48.8 Å². The van der Waals surface area contributed by atoms with Crippen molar-refractivity contribution in [3.63, 3.8) is 0 Å². The van der Waals surface area contributed by atoms with E-state index in [2.05, 4.69) is 15.6 Å². The van der Waals surface area contributed by atoms with Crippen LogP contribution < -0.4 is 16.4 Å². The highest BCUT2D eigenvalue weighted by molar-refractivity contribution is 6.05. The highest BCUT2D eigenvalue weighted by Crippen LogP contribution is 2.27. The van der Waals surface area contributed by atoms with E-state index in [0.29, 0.717) is 29.8 Å². The summed E-state index contributed by atoms with van der Waals surface area (Å²) < 4.78 is 0. The van der Waals surface area contributed by atoms with Gasteiger partial charge in [0.2, 0.25) is 5.91 Å². The molecule has 0 spiro atoms. The third-order valence-corrected chi connectivity index (χ3v) is 4.55. The van der Waals surface area contributed by atoms with Gasteiger partial charge in [-0.25, -0.2) is 0 Å². The molecule has 2 rings (SSSR count). The maximum Gasteiger partial charge on any atom is 0.255 e. The first kappa shape index (κ1) is 18.6. The van der Waals surface area contributed by atoms with Crippen molar-refractivity contribution >= 4 is 23.2 Å². The third-order valence-electron chi connectivity index (χ3n) is 4.55. The number of nitrogens with two attached hydrogens (primary N) is 1. The number of hydrogen-bond acceptors (Lipinski definition) is 4.